The van der Waals surface area contributed by atoms with Gasteiger partial charge in [-0.15, -0.1) is 10.2 Å². The first-order chi connectivity index (χ1) is 13.6. The maximum absolute atomic E-state index is 11.5. The summed E-state index contributed by atoms with van der Waals surface area (Å²) in [6.07, 6.45) is 0.915. The number of amidine groups is 1. The van der Waals surface area contributed by atoms with E-state index in [0.717, 1.165) is 12.0 Å². The van der Waals surface area contributed by atoms with Gasteiger partial charge in [0.25, 0.3) is 0 Å². The molecule has 0 aliphatic heterocycles. The Balaban J connectivity index is 2.07. The highest BCUT2D eigenvalue weighted by atomic mass is 35.5. The Hall–Kier alpha value is -3.31. The number of hydrogen-bond acceptors (Lipinski definition) is 3. The molecule has 0 atom stereocenters. The van der Waals surface area contributed by atoms with Gasteiger partial charge in [-0.25, -0.2) is 9.79 Å². The highest BCUT2D eigenvalue weighted by molar-refractivity contribution is 6.30. The Morgan fingerprint density at radius 1 is 1.00 bits per heavy atom. The number of rotatable bonds is 5. The Morgan fingerprint density at radius 3 is 2.43 bits per heavy atom. The number of nitrogens with zero attached hydrogens (tertiary/aromatic N) is 3. The summed E-state index contributed by atoms with van der Waals surface area (Å²) in [7, 11) is 0. The zero-order valence-corrected chi connectivity index (χ0v) is 16.0. The molecule has 0 aromatic heterocycles. The number of aryl methyl sites for hydroxylation is 1. The molecule has 1 N–H and O–H groups in total. The Kier molecular flexibility index (Phi) is 6.29. The van der Waals surface area contributed by atoms with Crippen molar-refractivity contribution in [3.05, 3.63) is 94.5 Å². The predicted octanol–water partition coefficient (Wildman–Crippen LogP) is 6.46. The minimum absolute atomic E-state index is 0.100. The van der Waals surface area contributed by atoms with E-state index >= 15 is 0 Å². The summed E-state index contributed by atoms with van der Waals surface area (Å²) in [5, 5.41) is 18.5. The molecule has 0 aliphatic carbocycles. The molecular formula is C22H18ClN3O2. The van der Waals surface area contributed by atoms with E-state index in [1.54, 1.807) is 42.5 Å². The highest BCUT2D eigenvalue weighted by Crippen LogP contribution is 2.23. The van der Waals surface area contributed by atoms with Crippen molar-refractivity contribution in [3.8, 4) is 0 Å². The first-order valence-electron chi connectivity index (χ1n) is 8.74. The van der Waals surface area contributed by atoms with Crippen LogP contribution in [0.25, 0.3) is 0 Å². The van der Waals surface area contributed by atoms with Gasteiger partial charge in [-0.05, 0) is 42.3 Å². The number of hydrogen-bond donors (Lipinski definition) is 1. The van der Waals surface area contributed by atoms with Crippen LogP contribution in [0.1, 0.15) is 28.4 Å². The Bertz CT molecular complexity index is 1040. The van der Waals surface area contributed by atoms with E-state index in [0.29, 0.717) is 22.2 Å². The maximum atomic E-state index is 11.5. The lowest BCUT2D eigenvalue weighted by molar-refractivity contribution is 0.0698. The third kappa shape index (κ3) is 4.90. The van der Waals surface area contributed by atoms with Gasteiger partial charge in [-0.3, -0.25) is 0 Å². The van der Waals surface area contributed by atoms with Crippen molar-refractivity contribution in [1.29, 1.82) is 0 Å². The third-order valence-corrected chi connectivity index (χ3v) is 4.28. The van der Waals surface area contributed by atoms with Gasteiger partial charge >= 0.3 is 5.97 Å². The number of azo groups is 1. The van der Waals surface area contributed by atoms with Crippen molar-refractivity contribution in [3.63, 3.8) is 0 Å². The van der Waals surface area contributed by atoms with Crippen LogP contribution in [0.2, 0.25) is 5.02 Å². The van der Waals surface area contributed by atoms with Crippen LogP contribution in [0.5, 0.6) is 0 Å². The predicted molar refractivity (Wildman–Crippen MR) is 111 cm³/mol. The van der Waals surface area contributed by atoms with Gasteiger partial charge in [-0.2, -0.15) is 0 Å². The monoisotopic (exact) mass is 391 g/mol. The molecule has 3 aromatic rings. The number of para-hydroxylation sites is 1. The summed E-state index contributed by atoms with van der Waals surface area (Å²) in [4.78, 5) is 16.0. The molecule has 0 saturated carbocycles. The fraction of sp³-hybridized carbons (Fsp3) is 0.0909. The van der Waals surface area contributed by atoms with Gasteiger partial charge in [0.05, 0.1) is 16.9 Å². The van der Waals surface area contributed by atoms with Gasteiger partial charge in [0.2, 0.25) is 0 Å². The molecule has 3 aromatic carbocycles. The summed E-state index contributed by atoms with van der Waals surface area (Å²) in [6.45, 7) is 2.08. The highest BCUT2D eigenvalue weighted by Gasteiger charge is 2.11. The van der Waals surface area contributed by atoms with E-state index in [-0.39, 0.29) is 5.56 Å². The number of aliphatic imine (C=N–C) groups is 1. The summed E-state index contributed by atoms with van der Waals surface area (Å²) in [6, 6.07) is 21.3. The van der Waals surface area contributed by atoms with Crippen LogP contribution in [-0.2, 0) is 6.42 Å². The van der Waals surface area contributed by atoms with Crippen molar-refractivity contribution in [1.82, 2.24) is 0 Å². The van der Waals surface area contributed by atoms with E-state index in [2.05, 4.69) is 22.1 Å². The lowest BCUT2D eigenvalue weighted by Crippen LogP contribution is -2.00. The molecule has 6 heteroatoms. The minimum Gasteiger partial charge on any atom is -0.478 e. The van der Waals surface area contributed by atoms with Crippen molar-refractivity contribution >= 4 is 34.8 Å². The lowest BCUT2D eigenvalue weighted by Gasteiger charge is -2.05. The number of benzene rings is 3. The molecule has 0 spiro atoms. The second-order valence-electron chi connectivity index (χ2n) is 5.99. The quantitative estimate of drug-likeness (QED) is 0.307. The van der Waals surface area contributed by atoms with Crippen LogP contribution in [0.3, 0.4) is 0 Å². The molecule has 0 fully saturated rings. The molecule has 3 rings (SSSR count). The average molecular weight is 392 g/mol. The van der Waals surface area contributed by atoms with Crippen LogP contribution in [-0.4, -0.2) is 16.9 Å². The van der Waals surface area contributed by atoms with Crippen molar-refractivity contribution in [2.75, 3.05) is 0 Å². The molecule has 0 radical (unpaired) electrons. The van der Waals surface area contributed by atoms with Crippen LogP contribution in [0.4, 0.5) is 11.4 Å². The molecule has 140 valence electrons. The SMILES string of the molecule is CCc1ccc(C(N=Nc2cccc(Cl)c2)=Nc2ccccc2C(=O)O)cc1. The van der Waals surface area contributed by atoms with Gasteiger partial charge in [0, 0.05) is 10.6 Å². The topological polar surface area (TPSA) is 74.4 Å². The van der Waals surface area contributed by atoms with Crippen molar-refractivity contribution in [2.45, 2.75) is 13.3 Å². The standard InChI is InChI=1S/C22H18ClN3O2/c1-2-15-10-12-16(13-11-15)21(26-25-18-7-5-6-17(23)14-18)24-20-9-4-3-8-19(20)22(27)28/h3-14H,2H2,1H3,(H,27,28). The average Bonchev–Trinajstić information content (AvgIpc) is 2.71. The van der Waals surface area contributed by atoms with E-state index in [4.69, 9.17) is 11.6 Å². The van der Waals surface area contributed by atoms with Crippen molar-refractivity contribution < 1.29 is 9.90 Å². The lowest BCUT2D eigenvalue weighted by atomic mass is 10.1. The smallest absolute Gasteiger partial charge is 0.337 e. The first kappa shape index (κ1) is 19.5. The number of carbonyl (C=O) groups is 1. The largest absolute Gasteiger partial charge is 0.478 e. The number of carboxylic acids is 1. The summed E-state index contributed by atoms with van der Waals surface area (Å²) in [5.41, 5.74) is 2.92. The molecule has 28 heavy (non-hydrogen) atoms. The summed E-state index contributed by atoms with van der Waals surface area (Å²) in [5.74, 6) is -0.733. The fourth-order valence-corrected chi connectivity index (χ4v) is 2.73. The Labute approximate surface area is 168 Å². The van der Waals surface area contributed by atoms with Gasteiger partial charge in [-0.1, -0.05) is 61.0 Å². The molecule has 5 nitrogen and oxygen atoms in total. The summed E-state index contributed by atoms with van der Waals surface area (Å²) < 4.78 is 0. The van der Waals surface area contributed by atoms with E-state index in [1.165, 1.54) is 11.6 Å². The van der Waals surface area contributed by atoms with Crippen LogP contribution < -0.4 is 0 Å². The van der Waals surface area contributed by atoms with Gasteiger partial charge in [0.15, 0.2) is 5.84 Å². The number of aromatic carboxylic acids is 1. The summed E-state index contributed by atoms with van der Waals surface area (Å²) >= 11 is 6.00. The zero-order chi connectivity index (χ0) is 19.9. The van der Waals surface area contributed by atoms with Crippen LogP contribution >= 0.6 is 11.6 Å². The van der Waals surface area contributed by atoms with E-state index in [9.17, 15) is 9.90 Å². The normalized spacial score (nSPS) is 11.7. The number of halogens is 1. The molecule has 0 heterocycles. The van der Waals surface area contributed by atoms with Gasteiger partial charge < -0.3 is 5.11 Å². The Morgan fingerprint density at radius 2 is 1.75 bits per heavy atom. The van der Waals surface area contributed by atoms with Crippen molar-refractivity contribution in [2.24, 2.45) is 15.2 Å². The minimum atomic E-state index is -1.05. The molecule has 0 aliphatic rings. The third-order valence-electron chi connectivity index (χ3n) is 4.05. The number of carboxylic acid groups (broad SMARTS) is 1. The second kappa shape index (κ2) is 9.06. The molecule has 0 unspecified atom stereocenters. The van der Waals surface area contributed by atoms with Crippen LogP contribution in [0.15, 0.2) is 88.0 Å². The molecular weight excluding hydrogens is 374 g/mol. The molecule has 0 bridgehead atoms. The molecule has 0 amide bonds. The first-order valence-corrected chi connectivity index (χ1v) is 9.12. The maximum Gasteiger partial charge on any atom is 0.337 e. The van der Waals surface area contributed by atoms with E-state index in [1.807, 2.05) is 24.3 Å². The van der Waals surface area contributed by atoms with Crippen LogP contribution in [0, 0.1) is 0 Å². The van der Waals surface area contributed by atoms with E-state index < -0.39 is 5.97 Å². The molecule has 0 saturated heterocycles. The van der Waals surface area contributed by atoms with Gasteiger partial charge in [0.1, 0.15) is 0 Å². The second-order valence-corrected chi connectivity index (χ2v) is 6.42. The zero-order valence-electron chi connectivity index (χ0n) is 15.2. The fourth-order valence-electron chi connectivity index (χ4n) is 2.54.